The predicted molar refractivity (Wildman–Crippen MR) is 80.0 cm³/mol. The molecule has 0 atom stereocenters. The quantitative estimate of drug-likeness (QED) is 0.730. The molecule has 19 heavy (non-hydrogen) atoms. The van der Waals surface area contributed by atoms with E-state index in [1.165, 1.54) is 0 Å². The number of amides is 1. The van der Waals surface area contributed by atoms with Crippen LogP contribution in [0.2, 0.25) is 0 Å². The van der Waals surface area contributed by atoms with Crippen molar-refractivity contribution in [2.45, 2.75) is 80.2 Å². The van der Waals surface area contributed by atoms with Gasteiger partial charge in [0.25, 0.3) is 0 Å². The molecule has 0 aromatic carbocycles. The molecule has 0 aromatic rings. The van der Waals surface area contributed by atoms with E-state index in [-0.39, 0.29) is 22.8 Å². The minimum atomic E-state index is -0.0868. The number of hydrogen-bond donors (Lipinski definition) is 1. The summed E-state index contributed by atoms with van der Waals surface area (Å²) in [7, 11) is 0. The van der Waals surface area contributed by atoms with Gasteiger partial charge in [-0.2, -0.15) is 0 Å². The first-order chi connectivity index (χ1) is 8.47. The van der Waals surface area contributed by atoms with E-state index < -0.39 is 0 Å². The molecule has 1 amide bonds. The van der Waals surface area contributed by atoms with Crippen molar-refractivity contribution in [1.29, 1.82) is 0 Å². The van der Waals surface area contributed by atoms with Gasteiger partial charge < -0.3 is 5.32 Å². The molecule has 0 aliphatic carbocycles. The second kappa shape index (κ2) is 7.06. The summed E-state index contributed by atoms with van der Waals surface area (Å²) < 4.78 is 0. The number of carbonyl (C=O) groups is 2. The van der Waals surface area contributed by atoms with Gasteiger partial charge in [-0.3, -0.25) is 9.59 Å². The number of hydrogen-bond acceptors (Lipinski definition) is 2. The van der Waals surface area contributed by atoms with Crippen LogP contribution in [0.3, 0.4) is 0 Å². The van der Waals surface area contributed by atoms with Crippen LogP contribution in [0.15, 0.2) is 0 Å². The zero-order chi connectivity index (χ0) is 15.3. The van der Waals surface area contributed by atoms with Crippen LogP contribution in [0, 0.1) is 10.8 Å². The Morgan fingerprint density at radius 2 is 1.47 bits per heavy atom. The molecule has 0 rings (SSSR count). The van der Waals surface area contributed by atoms with Gasteiger partial charge in [-0.05, 0) is 31.1 Å². The molecule has 3 heteroatoms. The molecular weight excluding hydrogens is 238 g/mol. The highest BCUT2D eigenvalue weighted by Crippen LogP contribution is 2.38. The van der Waals surface area contributed by atoms with Gasteiger partial charge in [0.1, 0.15) is 5.78 Å². The van der Waals surface area contributed by atoms with Crippen molar-refractivity contribution in [1.82, 2.24) is 5.32 Å². The zero-order valence-corrected chi connectivity index (χ0v) is 13.7. The molecule has 0 spiro atoms. The molecule has 0 bridgehead atoms. The Bertz CT molecular complexity index is 317. The number of ketones is 1. The second-order valence-electron chi connectivity index (χ2n) is 7.47. The highest BCUT2D eigenvalue weighted by molar-refractivity contribution is 5.79. The number of carbonyl (C=O) groups excluding carboxylic acids is 2. The first-order valence-electron chi connectivity index (χ1n) is 7.28. The van der Waals surface area contributed by atoms with Crippen molar-refractivity contribution < 1.29 is 9.59 Å². The zero-order valence-electron chi connectivity index (χ0n) is 13.7. The van der Waals surface area contributed by atoms with E-state index in [4.69, 9.17) is 0 Å². The Morgan fingerprint density at radius 3 is 1.89 bits per heavy atom. The largest absolute Gasteiger partial charge is 0.354 e. The SMILES string of the molecule is CCC(=O)CC(C)(C)CC(C)(C)CC(=O)NC(C)C. The summed E-state index contributed by atoms with van der Waals surface area (Å²) in [6.45, 7) is 14.3. The molecule has 0 radical (unpaired) electrons. The molecule has 0 aliphatic rings. The van der Waals surface area contributed by atoms with Crippen molar-refractivity contribution in [3.63, 3.8) is 0 Å². The first kappa shape index (κ1) is 18.1. The lowest BCUT2D eigenvalue weighted by Crippen LogP contribution is -2.35. The van der Waals surface area contributed by atoms with E-state index in [9.17, 15) is 9.59 Å². The fraction of sp³-hybridized carbons (Fsp3) is 0.875. The Labute approximate surface area is 118 Å². The van der Waals surface area contributed by atoms with Crippen LogP contribution < -0.4 is 5.32 Å². The van der Waals surface area contributed by atoms with Crippen molar-refractivity contribution in [2.75, 3.05) is 0 Å². The summed E-state index contributed by atoms with van der Waals surface area (Å²) >= 11 is 0. The van der Waals surface area contributed by atoms with E-state index in [2.05, 4.69) is 33.0 Å². The molecule has 112 valence electrons. The molecular formula is C16H31NO2. The average molecular weight is 269 g/mol. The second-order valence-corrected chi connectivity index (χ2v) is 7.47. The third-order valence-electron chi connectivity index (χ3n) is 3.12. The molecule has 0 aromatic heterocycles. The van der Waals surface area contributed by atoms with Crippen molar-refractivity contribution in [3.05, 3.63) is 0 Å². The average Bonchev–Trinajstić information content (AvgIpc) is 2.11. The molecule has 0 unspecified atom stereocenters. The third-order valence-corrected chi connectivity index (χ3v) is 3.12. The summed E-state index contributed by atoms with van der Waals surface area (Å²) in [5.74, 6) is 0.394. The minimum absolute atomic E-state index is 0.0469. The maximum absolute atomic E-state index is 11.9. The normalized spacial score (nSPS) is 12.6. The Hall–Kier alpha value is -0.860. The lowest BCUT2D eigenvalue weighted by atomic mass is 9.71. The maximum atomic E-state index is 11.9. The lowest BCUT2D eigenvalue weighted by Gasteiger charge is -2.34. The first-order valence-corrected chi connectivity index (χ1v) is 7.28. The van der Waals surface area contributed by atoms with E-state index in [1.807, 2.05) is 20.8 Å². The van der Waals surface area contributed by atoms with Gasteiger partial charge >= 0.3 is 0 Å². The van der Waals surface area contributed by atoms with E-state index >= 15 is 0 Å². The fourth-order valence-corrected chi connectivity index (χ4v) is 2.89. The number of nitrogens with one attached hydrogen (secondary N) is 1. The molecule has 0 saturated heterocycles. The van der Waals surface area contributed by atoms with Crippen LogP contribution in [-0.2, 0) is 9.59 Å². The molecule has 0 heterocycles. The van der Waals surface area contributed by atoms with Crippen LogP contribution in [0.25, 0.3) is 0 Å². The Morgan fingerprint density at radius 1 is 1.00 bits per heavy atom. The van der Waals surface area contributed by atoms with Gasteiger partial charge in [0.2, 0.25) is 5.91 Å². The van der Waals surface area contributed by atoms with Gasteiger partial charge in [-0.1, -0.05) is 34.6 Å². The third kappa shape index (κ3) is 8.79. The van der Waals surface area contributed by atoms with Crippen LogP contribution >= 0.6 is 0 Å². The minimum Gasteiger partial charge on any atom is -0.354 e. The van der Waals surface area contributed by atoms with Crippen LogP contribution in [0.1, 0.15) is 74.1 Å². The monoisotopic (exact) mass is 269 g/mol. The van der Waals surface area contributed by atoms with E-state index in [0.717, 1.165) is 6.42 Å². The summed E-state index contributed by atoms with van der Waals surface area (Å²) in [5, 5.41) is 2.93. The smallest absolute Gasteiger partial charge is 0.220 e. The van der Waals surface area contributed by atoms with Gasteiger partial charge in [0, 0.05) is 25.3 Å². The maximum Gasteiger partial charge on any atom is 0.220 e. The van der Waals surface area contributed by atoms with Crippen molar-refractivity contribution >= 4 is 11.7 Å². The van der Waals surface area contributed by atoms with Crippen molar-refractivity contribution in [3.8, 4) is 0 Å². The summed E-state index contributed by atoms with van der Waals surface area (Å²) in [5.41, 5.74) is -0.134. The van der Waals surface area contributed by atoms with Crippen molar-refractivity contribution in [2.24, 2.45) is 10.8 Å². The van der Waals surface area contributed by atoms with Gasteiger partial charge in [-0.15, -0.1) is 0 Å². The molecule has 1 N–H and O–H groups in total. The van der Waals surface area contributed by atoms with Gasteiger partial charge in [0.05, 0.1) is 0 Å². The highest BCUT2D eigenvalue weighted by atomic mass is 16.1. The summed E-state index contributed by atoms with van der Waals surface area (Å²) in [6.07, 6.45) is 2.57. The lowest BCUT2D eigenvalue weighted by molar-refractivity contribution is -0.124. The van der Waals surface area contributed by atoms with Gasteiger partial charge in [0.15, 0.2) is 0 Å². The van der Waals surface area contributed by atoms with Crippen LogP contribution in [-0.4, -0.2) is 17.7 Å². The Kier molecular flexibility index (Phi) is 6.74. The highest BCUT2D eigenvalue weighted by Gasteiger charge is 2.31. The Balaban J connectivity index is 4.49. The van der Waals surface area contributed by atoms with Crippen LogP contribution in [0.5, 0.6) is 0 Å². The number of rotatable bonds is 8. The summed E-state index contributed by atoms with van der Waals surface area (Å²) in [4.78, 5) is 23.5. The standard InChI is InChI=1S/C16H31NO2/c1-8-13(18)9-15(4,5)11-16(6,7)10-14(19)17-12(2)3/h12H,8-11H2,1-7H3,(H,17,19). The fourth-order valence-electron chi connectivity index (χ4n) is 2.89. The topological polar surface area (TPSA) is 46.2 Å². The summed E-state index contributed by atoms with van der Waals surface area (Å²) in [6, 6.07) is 0.179. The van der Waals surface area contributed by atoms with E-state index in [1.54, 1.807) is 0 Å². The van der Waals surface area contributed by atoms with E-state index in [0.29, 0.717) is 25.0 Å². The molecule has 0 saturated carbocycles. The molecule has 0 fully saturated rings. The van der Waals surface area contributed by atoms with Gasteiger partial charge in [-0.25, -0.2) is 0 Å². The molecule has 0 aliphatic heterocycles. The molecule has 3 nitrogen and oxygen atoms in total. The van der Waals surface area contributed by atoms with Crippen LogP contribution in [0.4, 0.5) is 0 Å². The predicted octanol–water partition coefficient (Wildman–Crippen LogP) is 3.71. The number of Topliss-reactive ketones (excluding diaryl/α,β-unsaturated/α-hetero) is 1.